The molecule has 28 heavy (non-hydrogen) atoms. The molecular formula is C18H14BrN3O6. The van der Waals surface area contributed by atoms with Crippen molar-refractivity contribution in [2.24, 2.45) is 0 Å². The van der Waals surface area contributed by atoms with Gasteiger partial charge in [-0.3, -0.25) is 20.2 Å². The van der Waals surface area contributed by atoms with E-state index in [1.54, 1.807) is 24.3 Å². The summed E-state index contributed by atoms with van der Waals surface area (Å²) in [5.41, 5.74) is 1.31. The zero-order valence-corrected chi connectivity index (χ0v) is 16.1. The molecule has 0 radical (unpaired) electrons. The van der Waals surface area contributed by atoms with E-state index in [4.69, 9.17) is 9.47 Å². The second-order valence-electron chi connectivity index (χ2n) is 5.71. The van der Waals surface area contributed by atoms with Gasteiger partial charge in [0, 0.05) is 16.6 Å². The van der Waals surface area contributed by atoms with Crippen molar-refractivity contribution >= 4 is 39.6 Å². The molecule has 1 fully saturated rings. The maximum atomic E-state index is 11.7. The number of ether oxygens (including phenoxy) is 2. The molecule has 2 aromatic rings. The number of nitro benzene ring substituents is 1. The van der Waals surface area contributed by atoms with Crippen molar-refractivity contribution < 1.29 is 24.0 Å². The Kier molecular flexibility index (Phi) is 5.59. The molecule has 2 aromatic carbocycles. The molecule has 1 aliphatic heterocycles. The third-order valence-corrected chi connectivity index (χ3v) is 4.51. The van der Waals surface area contributed by atoms with Crippen molar-refractivity contribution in [3.63, 3.8) is 0 Å². The Morgan fingerprint density at radius 3 is 2.61 bits per heavy atom. The Labute approximate surface area is 167 Å². The number of hydrogen-bond acceptors (Lipinski definition) is 6. The number of imide groups is 1. The number of urea groups is 1. The number of carbonyl (C=O) groups excluding carboxylic acids is 2. The van der Waals surface area contributed by atoms with Gasteiger partial charge in [0.1, 0.15) is 12.3 Å². The number of nitrogens with one attached hydrogen (secondary N) is 2. The molecule has 0 aliphatic carbocycles. The van der Waals surface area contributed by atoms with Gasteiger partial charge in [0.05, 0.1) is 12.0 Å². The SMILES string of the molecule is COc1cc(/C=C2/NC(=O)NC2=O)c(Br)cc1OCc1cccc([N+](=O)[O-])c1. The number of carbonyl (C=O) groups is 2. The van der Waals surface area contributed by atoms with Crippen molar-refractivity contribution in [2.75, 3.05) is 7.11 Å². The first kappa shape index (κ1) is 19.4. The van der Waals surface area contributed by atoms with E-state index in [1.807, 2.05) is 0 Å². The lowest BCUT2D eigenvalue weighted by Gasteiger charge is -2.13. The van der Waals surface area contributed by atoms with E-state index in [1.165, 1.54) is 25.3 Å². The molecule has 1 heterocycles. The van der Waals surface area contributed by atoms with Gasteiger partial charge in [0.25, 0.3) is 11.6 Å². The molecule has 1 aliphatic rings. The summed E-state index contributed by atoms with van der Waals surface area (Å²) in [7, 11) is 1.46. The summed E-state index contributed by atoms with van der Waals surface area (Å²) in [6.07, 6.45) is 1.50. The molecule has 3 rings (SSSR count). The van der Waals surface area contributed by atoms with Crippen LogP contribution in [0.15, 0.2) is 46.6 Å². The van der Waals surface area contributed by atoms with Crippen molar-refractivity contribution in [3.8, 4) is 11.5 Å². The van der Waals surface area contributed by atoms with Gasteiger partial charge in [0.15, 0.2) is 11.5 Å². The van der Waals surface area contributed by atoms with Crippen molar-refractivity contribution in [1.29, 1.82) is 0 Å². The van der Waals surface area contributed by atoms with E-state index in [-0.39, 0.29) is 18.0 Å². The maximum Gasteiger partial charge on any atom is 0.326 e. The first-order valence-corrected chi connectivity index (χ1v) is 8.74. The minimum Gasteiger partial charge on any atom is -0.493 e. The van der Waals surface area contributed by atoms with Gasteiger partial charge >= 0.3 is 6.03 Å². The second kappa shape index (κ2) is 8.09. The molecule has 0 saturated carbocycles. The van der Waals surface area contributed by atoms with Crippen LogP contribution < -0.4 is 20.1 Å². The third kappa shape index (κ3) is 4.29. The zero-order chi connectivity index (χ0) is 20.3. The predicted molar refractivity (Wildman–Crippen MR) is 103 cm³/mol. The van der Waals surface area contributed by atoms with Gasteiger partial charge in [-0.2, -0.15) is 0 Å². The highest BCUT2D eigenvalue weighted by atomic mass is 79.9. The number of rotatable bonds is 6. The summed E-state index contributed by atoms with van der Waals surface area (Å²) >= 11 is 3.40. The predicted octanol–water partition coefficient (Wildman–Crippen LogP) is 3.13. The molecule has 0 unspecified atom stereocenters. The second-order valence-corrected chi connectivity index (χ2v) is 6.56. The molecule has 144 valence electrons. The van der Waals surface area contributed by atoms with Crippen LogP contribution in [0, 0.1) is 10.1 Å². The zero-order valence-electron chi connectivity index (χ0n) is 14.5. The van der Waals surface area contributed by atoms with Crippen LogP contribution in [0.4, 0.5) is 10.5 Å². The molecule has 0 aromatic heterocycles. The Balaban J connectivity index is 1.83. The summed E-state index contributed by atoms with van der Waals surface area (Å²) in [4.78, 5) is 33.3. The number of hydrogen-bond donors (Lipinski definition) is 2. The smallest absolute Gasteiger partial charge is 0.326 e. The Hall–Kier alpha value is -3.40. The van der Waals surface area contributed by atoms with E-state index in [0.29, 0.717) is 27.1 Å². The summed E-state index contributed by atoms with van der Waals surface area (Å²) in [6.45, 7) is 0.101. The fraction of sp³-hybridized carbons (Fsp3) is 0.111. The highest BCUT2D eigenvalue weighted by Crippen LogP contribution is 2.35. The first-order chi connectivity index (χ1) is 13.4. The number of methoxy groups -OCH3 is 1. The van der Waals surface area contributed by atoms with Crippen LogP contribution in [-0.2, 0) is 11.4 Å². The van der Waals surface area contributed by atoms with Crippen molar-refractivity contribution in [2.45, 2.75) is 6.61 Å². The average molecular weight is 448 g/mol. The third-order valence-electron chi connectivity index (χ3n) is 3.82. The standard InChI is InChI=1S/C18H14BrN3O6/c1-27-15-7-11(6-14-17(23)21-18(24)20-14)13(19)8-16(15)28-9-10-3-2-4-12(5-10)22(25)26/h2-8H,9H2,1H3,(H2,20,21,23,24)/b14-6+. The van der Waals surface area contributed by atoms with E-state index < -0.39 is 16.9 Å². The lowest BCUT2D eigenvalue weighted by Crippen LogP contribution is -2.22. The number of nitrogens with zero attached hydrogens (tertiary/aromatic N) is 1. The first-order valence-electron chi connectivity index (χ1n) is 7.95. The molecule has 10 heteroatoms. The lowest BCUT2D eigenvalue weighted by atomic mass is 10.1. The maximum absolute atomic E-state index is 11.7. The van der Waals surface area contributed by atoms with Crippen LogP contribution in [-0.4, -0.2) is 24.0 Å². The number of benzene rings is 2. The number of amides is 3. The molecule has 0 spiro atoms. The average Bonchev–Trinajstić information content (AvgIpc) is 2.98. The number of nitro groups is 1. The molecule has 9 nitrogen and oxygen atoms in total. The lowest BCUT2D eigenvalue weighted by molar-refractivity contribution is -0.384. The van der Waals surface area contributed by atoms with Gasteiger partial charge in [-0.15, -0.1) is 0 Å². The highest BCUT2D eigenvalue weighted by molar-refractivity contribution is 9.10. The van der Waals surface area contributed by atoms with Gasteiger partial charge in [0.2, 0.25) is 0 Å². The summed E-state index contributed by atoms with van der Waals surface area (Å²) in [5.74, 6) is 0.273. The fourth-order valence-corrected chi connectivity index (χ4v) is 2.93. The minimum absolute atomic E-state index is 0.0203. The van der Waals surface area contributed by atoms with Crippen molar-refractivity contribution in [1.82, 2.24) is 10.6 Å². The van der Waals surface area contributed by atoms with Crippen LogP contribution in [0.1, 0.15) is 11.1 Å². The van der Waals surface area contributed by atoms with Gasteiger partial charge < -0.3 is 14.8 Å². The topological polar surface area (TPSA) is 120 Å². The quantitative estimate of drug-likeness (QED) is 0.303. The van der Waals surface area contributed by atoms with Crippen LogP contribution >= 0.6 is 15.9 Å². The van der Waals surface area contributed by atoms with Crippen LogP contribution in [0.2, 0.25) is 0 Å². The van der Waals surface area contributed by atoms with E-state index in [9.17, 15) is 19.7 Å². The van der Waals surface area contributed by atoms with Gasteiger partial charge in [-0.25, -0.2) is 4.79 Å². The fourth-order valence-electron chi connectivity index (χ4n) is 2.49. The Morgan fingerprint density at radius 2 is 1.96 bits per heavy atom. The number of non-ortho nitro benzene ring substituents is 1. The molecular weight excluding hydrogens is 434 g/mol. The molecule has 3 amide bonds. The van der Waals surface area contributed by atoms with Crippen LogP contribution in [0.5, 0.6) is 11.5 Å². The van der Waals surface area contributed by atoms with Gasteiger partial charge in [-0.05, 0) is 29.3 Å². The number of halogens is 1. The summed E-state index contributed by atoms with van der Waals surface area (Å²) in [6, 6.07) is 8.84. The molecule has 2 N–H and O–H groups in total. The summed E-state index contributed by atoms with van der Waals surface area (Å²) < 4.78 is 11.7. The van der Waals surface area contributed by atoms with Crippen molar-refractivity contribution in [3.05, 3.63) is 67.8 Å². The van der Waals surface area contributed by atoms with Crippen LogP contribution in [0.25, 0.3) is 6.08 Å². The molecule has 1 saturated heterocycles. The largest absolute Gasteiger partial charge is 0.493 e. The van der Waals surface area contributed by atoms with Crippen LogP contribution in [0.3, 0.4) is 0 Å². The van der Waals surface area contributed by atoms with E-state index in [0.717, 1.165) is 0 Å². The van der Waals surface area contributed by atoms with E-state index >= 15 is 0 Å². The highest BCUT2D eigenvalue weighted by Gasteiger charge is 2.23. The van der Waals surface area contributed by atoms with E-state index in [2.05, 4.69) is 26.6 Å². The monoisotopic (exact) mass is 447 g/mol. The normalized spacial score (nSPS) is 14.6. The Morgan fingerprint density at radius 1 is 1.18 bits per heavy atom. The Bertz CT molecular complexity index is 1000. The summed E-state index contributed by atoms with van der Waals surface area (Å²) in [5, 5.41) is 15.4. The molecule has 0 bridgehead atoms. The minimum atomic E-state index is -0.587. The van der Waals surface area contributed by atoms with Gasteiger partial charge in [-0.1, -0.05) is 28.1 Å². The molecule has 0 atom stereocenters.